The Labute approximate surface area is 204 Å². The number of rotatable bonds is 2. The van der Waals surface area contributed by atoms with Gasteiger partial charge in [-0.3, -0.25) is 0 Å². The van der Waals surface area contributed by atoms with Crippen LogP contribution in [0.3, 0.4) is 0 Å². The Morgan fingerprint density at radius 3 is 1.55 bits per heavy atom. The molecule has 0 spiro atoms. The molecule has 0 N–H and O–H groups in total. The number of benzene rings is 2. The summed E-state index contributed by atoms with van der Waals surface area (Å²) in [7, 11) is -1.08. The molecule has 3 rings (SSSR count). The maximum Gasteiger partial charge on any atom is 0.295 e. The van der Waals surface area contributed by atoms with E-state index in [1.807, 2.05) is 0 Å². The van der Waals surface area contributed by atoms with Crippen molar-refractivity contribution in [1.82, 2.24) is 0 Å². The average molecular weight is 469 g/mol. The minimum absolute atomic E-state index is 0.0339. The number of hydrogen-bond acceptors (Lipinski definition) is 2. The van der Waals surface area contributed by atoms with Crippen molar-refractivity contribution in [2.24, 2.45) is 0 Å². The largest absolute Gasteiger partial charge is 0.438 e. The minimum Gasteiger partial charge on any atom is -0.438 e. The van der Waals surface area contributed by atoms with Gasteiger partial charge >= 0.3 is 0 Å². The van der Waals surface area contributed by atoms with Crippen LogP contribution >= 0.6 is 8.38 Å². The lowest BCUT2D eigenvalue weighted by Gasteiger charge is -2.33. The molecule has 1 aliphatic heterocycles. The summed E-state index contributed by atoms with van der Waals surface area (Å²) in [6.07, 6.45) is 0.837. The molecule has 0 saturated heterocycles. The highest BCUT2D eigenvalue weighted by Gasteiger charge is 2.35. The summed E-state index contributed by atoms with van der Waals surface area (Å²) >= 11 is 0. The average Bonchev–Trinajstić information content (AvgIpc) is 3.01. The van der Waals surface area contributed by atoms with E-state index in [0.29, 0.717) is 0 Å². The third-order valence-electron chi connectivity index (χ3n) is 6.47. The van der Waals surface area contributed by atoms with Gasteiger partial charge in [0.05, 0.1) is 6.16 Å². The zero-order valence-corrected chi connectivity index (χ0v) is 24.2. The first-order chi connectivity index (χ1) is 14.8. The molecule has 0 amide bonds. The molecule has 2 aromatic rings. The Hall–Kier alpha value is -1.53. The van der Waals surface area contributed by atoms with Crippen LogP contribution < -0.4 is 9.05 Å². The fraction of sp³-hybridized carbons (Fsp3) is 0.600. The van der Waals surface area contributed by atoms with Crippen molar-refractivity contribution in [3.63, 3.8) is 0 Å². The van der Waals surface area contributed by atoms with Gasteiger partial charge in [-0.1, -0.05) is 107 Å². The Balaban J connectivity index is 2.09. The molecule has 1 aliphatic rings. The van der Waals surface area contributed by atoms with Crippen molar-refractivity contribution >= 4 is 8.38 Å². The molecule has 1 unspecified atom stereocenters. The van der Waals surface area contributed by atoms with Crippen LogP contribution in [-0.4, -0.2) is 0 Å². The van der Waals surface area contributed by atoms with Gasteiger partial charge in [0.1, 0.15) is 11.5 Å². The molecule has 0 saturated carbocycles. The van der Waals surface area contributed by atoms with Gasteiger partial charge in [-0.2, -0.15) is 0 Å². The monoisotopic (exact) mass is 468 g/mol. The third-order valence-corrected chi connectivity index (χ3v) is 7.85. The summed E-state index contributed by atoms with van der Waals surface area (Å²) in [4.78, 5) is 0. The summed E-state index contributed by atoms with van der Waals surface area (Å²) in [6.45, 7) is 29.5. The van der Waals surface area contributed by atoms with Gasteiger partial charge in [0, 0.05) is 16.7 Å². The van der Waals surface area contributed by atoms with Gasteiger partial charge in [0.25, 0.3) is 8.38 Å². The summed E-state index contributed by atoms with van der Waals surface area (Å²) in [5.41, 5.74) is 7.88. The second kappa shape index (κ2) is 8.30. The topological polar surface area (TPSA) is 18.5 Å². The lowest BCUT2D eigenvalue weighted by molar-refractivity contribution is 0.458. The summed E-state index contributed by atoms with van der Waals surface area (Å²) in [5.74, 6) is 2.05. The van der Waals surface area contributed by atoms with Crippen molar-refractivity contribution in [1.29, 1.82) is 0 Å². The molecule has 2 nitrogen and oxygen atoms in total. The molecule has 1 heterocycles. The Kier molecular flexibility index (Phi) is 6.56. The highest BCUT2D eigenvalue weighted by atomic mass is 31.2. The molecule has 0 fully saturated rings. The van der Waals surface area contributed by atoms with Gasteiger partial charge < -0.3 is 9.05 Å². The normalized spacial score (nSPS) is 17.1. The van der Waals surface area contributed by atoms with Crippen molar-refractivity contribution in [3.8, 4) is 11.5 Å². The first kappa shape index (κ1) is 26.1. The zero-order chi connectivity index (χ0) is 25.1. The molecule has 3 heteroatoms. The highest BCUT2D eigenvalue weighted by Crippen LogP contribution is 2.56. The Morgan fingerprint density at radius 2 is 1.12 bits per heavy atom. The first-order valence-corrected chi connectivity index (χ1v) is 13.6. The van der Waals surface area contributed by atoms with Crippen LogP contribution in [0.1, 0.15) is 116 Å². The Bertz CT molecular complexity index is 1000. The predicted molar refractivity (Wildman–Crippen MR) is 144 cm³/mol. The zero-order valence-electron chi connectivity index (χ0n) is 23.3. The molecule has 0 bridgehead atoms. The smallest absolute Gasteiger partial charge is 0.295 e. The predicted octanol–water partition coefficient (Wildman–Crippen LogP) is 9.47. The van der Waals surface area contributed by atoms with E-state index in [9.17, 15) is 0 Å². The van der Waals surface area contributed by atoms with Crippen LogP contribution in [-0.2, 0) is 27.8 Å². The summed E-state index contributed by atoms with van der Waals surface area (Å²) in [5, 5.41) is 0. The minimum atomic E-state index is -1.08. The van der Waals surface area contributed by atoms with E-state index >= 15 is 0 Å². The molecule has 0 radical (unpaired) electrons. The fourth-order valence-corrected chi connectivity index (χ4v) is 5.77. The number of aryl methyl sites for hydroxylation is 1. The van der Waals surface area contributed by atoms with Gasteiger partial charge in [-0.05, 0) is 45.3 Å². The highest BCUT2D eigenvalue weighted by molar-refractivity contribution is 7.47. The van der Waals surface area contributed by atoms with Crippen LogP contribution in [0.25, 0.3) is 0 Å². The second-order valence-electron chi connectivity index (χ2n) is 13.9. The molecule has 0 aromatic heterocycles. The van der Waals surface area contributed by atoms with Gasteiger partial charge in [-0.15, -0.1) is 0 Å². The molecule has 33 heavy (non-hydrogen) atoms. The fourth-order valence-electron chi connectivity index (χ4n) is 4.23. The third kappa shape index (κ3) is 5.59. The molecule has 0 aliphatic carbocycles. The van der Waals surface area contributed by atoms with Crippen LogP contribution in [0.5, 0.6) is 11.5 Å². The number of hydrogen-bond donors (Lipinski definition) is 0. The van der Waals surface area contributed by atoms with Crippen LogP contribution in [0.15, 0.2) is 24.3 Å². The molecular formula is C30H45O2P. The van der Waals surface area contributed by atoms with E-state index in [-0.39, 0.29) is 21.7 Å². The summed E-state index contributed by atoms with van der Waals surface area (Å²) < 4.78 is 13.3. The van der Waals surface area contributed by atoms with E-state index < -0.39 is 8.38 Å². The van der Waals surface area contributed by atoms with E-state index in [0.717, 1.165) is 17.7 Å². The lowest BCUT2D eigenvalue weighted by atomic mass is 9.75. The van der Waals surface area contributed by atoms with Crippen molar-refractivity contribution in [3.05, 3.63) is 57.6 Å². The van der Waals surface area contributed by atoms with Crippen molar-refractivity contribution < 1.29 is 9.05 Å². The molecule has 182 valence electrons. The maximum absolute atomic E-state index is 6.86. The van der Waals surface area contributed by atoms with Gasteiger partial charge in [0.2, 0.25) is 0 Å². The van der Waals surface area contributed by atoms with Crippen LogP contribution in [0, 0.1) is 6.92 Å². The lowest BCUT2D eigenvalue weighted by Crippen LogP contribution is -2.22. The van der Waals surface area contributed by atoms with E-state index in [2.05, 4.69) is 114 Å². The Morgan fingerprint density at radius 1 is 0.667 bits per heavy atom. The maximum atomic E-state index is 6.86. The number of fused-ring (bicyclic) bond motifs is 1. The van der Waals surface area contributed by atoms with E-state index in [1.165, 1.54) is 33.4 Å². The van der Waals surface area contributed by atoms with Crippen LogP contribution in [0.2, 0.25) is 0 Å². The quantitative estimate of drug-likeness (QED) is 0.409. The summed E-state index contributed by atoms with van der Waals surface area (Å²) in [6, 6.07) is 9.33. The van der Waals surface area contributed by atoms with E-state index in [4.69, 9.17) is 9.05 Å². The molecule has 2 aromatic carbocycles. The van der Waals surface area contributed by atoms with Crippen molar-refractivity contribution in [2.45, 2.75) is 118 Å². The van der Waals surface area contributed by atoms with Crippen LogP contribution in [0.4, 0.5) is 0 Å². The molecule has 1 atom stereocenters. The first-order valence-electron chi connectivity index (χ1n) is 12.3. The van der Waals surface area contributed by atoms with Gasteiger partial charge in [0.15, 0.2) is 0 Å². The van der Waals surface area contributed by atoms with Crippen molar-refractivity contribution in [2.75, 3.05) is 0 Å². The second-order valence-corrected chi connectivity index (χ2v) is 15.2. The SMILES string of the molecule is Cc1cc(C(C)(C)C)cc2c1OP(Oc1c(C(C)(C)C)cc(C(C)(C)C)cc1C(C)(C)C)C2. The standard InChI is InChI=1S/C30H45O2P/c1-19-14-21(27(2,3)4)15-20-18-33(31-25(19)20)32-26-23(29(8,9)10)16-22(28(5,6)7)17-24(26)30(11,12)13/h14-17H,18H2,1-13H3. The molecular weight excluding hydrogens is 423 g/mol. The van der Waals surface area contributed by atoms with Gasteiger partial charge in [-0.25, -0.2) is 0 Å². The van der Waals surface area contributed by atoms with E-state index in [1.54, 1.807) is 0 Å².